The molecule has 58 valence electrons. The summed E-state index contributed by atoms with van der Waals surface area (Å²) in [4.78, 5) is 0.367. The summed E-state index contributed by atoms with van der Waals surface area (Å²) < 4.78 is 20.9. The van der Waals surface area contributed by atoms with E-state index in [2.05, 4.69) is 10.6 Å². The van der Waals surface area contributed by atoms with E-state index in [9.17, 15) is 8.42 Å². The topological polar surface area (TPSA) is 58.2 Å². The molecule has 0 radical (unpaired) electrons. The predicted octanol–water partition coefficient (Wildman–Crippen LogP) is -1.42. The van der Waals surface area contributed by atoms with E-state index in [4.69, 9.17) is 0 Å². The van der Waals surface area contributed by atoms with Crippen LogP contribution in [0.3, 0.4) is 0 Å². The van der Waals surface area contributed by atoms with Crippen molar-refractivity contribution < 1.29 is 8.42 Å². The minimum Gasteiger partial charge on any atom is -0.307 e. The Balaban J connectivity index is 2.86. The summed E-state index contributed by atoms with van der Waals surface area (Å²) in [6.07, 6.45) is 0. The molecule has 1 aliphatic heterocycles. The van der Waals surface area contributed by atoms with E-state index in [0.29, 0.717) is 11.5 Å². The zero-order chi connectivity index (χ0) is 7.56. The first-order chi connectivity index (χ1) is 4.72. The van der Waals surface area contributed by atoms with Gasteiger partial charge in [0.05, 0.1) is 6.04 Å². The number of hydrogen-bond donors (Lipinski definition) is 2. The van der Waals surface area contributed by atoms with Crippen molar-refractivity contribution in [1.29, 1.82) is 0 Å². The molecule has 1 aliphatic rings. The lowest BCUT2D eigenvalue weighted by Gasteiger charge is -2.20. The summed E-state index contributed by atoms with van der Waals surface area (Å²) >= 11 is 0. The first-order valence-corrected chi connectivity index (χ1v) is 4.22. The second-order valence-corrected chi connectivity index (χ2v) is 3.11. The summed E-state index contributed by atoms with van der Waals surface area (Å²) in [5.74, 6) is 0. The highest BCUT2D eigenvalue weighted by Crippen LogP contribution is 1.86. The molecule has 0 aromatic rings. The molecule has 0 bridgehead atoms. The molecule has 0 amide bonds. The van der Waals surface area contributed by atoms with Crippen molar-refractivity contribution in [2.75, 3.05) is 13.1 Å². The highest BCUT2D eigenvalue weighted by atomic mass is 32.2. The van der Waals surface area contributed by atoms with E-state index >= 15 is 0 Å². The SMILES string of the molecule is CC1NCCNC1=S(=O)=O. The Hall–Kier alpha value is -0.390. The van der Waals surface area contributed by atoms with Crippen LogP contribution in [0.2, 0.25) is 0 Å². The van der Waals surface area contributed by atoms with Crippen LogP contribution in [0.5, 0.6) is 0 Å². The van der Waals surface area contributed by atoms with Gasteiger partial charge in [0.25, 0.3) is 0 Å². The van der Waals surface area contributed by atoms with Crippen LogP contribution < -0.4 is 10.6 Å². The van der Waals surface area contributed by atoms with Crippen molar-refractivity contribution in [3.05, 3.63) is 0 Å². The van der Waals surface area contributed by atoms with E-state index < -0.39 is 10.3 Å². The summed E-state index contributed by atoms with van der Waals surface area (Å²) in [6, 6.07) is -0.0629. The lowest BCUT2D eigenvalue weighted by Crippen LogP contribution is -2.51. The van der Waals surface area contributed by atoms with Crippen molar-refractivity contribution in [2.45, 2.75) is 13.0 Å². The lowest BCUT2D eigenvalue weighted by atomic mass is 10.3. The largest absolute Gasteiger partial charge is 0.307 e. The highest BCUT2D eigenvalue weighted by Gasteiger charge is 2.14. The van der Waals surface area contributed by atoms with Gasteiger partial charge < -0.3 is 5.32 Å². The van der Waals surface area contributed by atoms with Gasteiger partial charge in [-0.1, -0.05) is 0 Å². The smallest absolute Gasteiger partial charge is 0.229 e. The normalized spacial score (nSPS) is 26.5. The van der Waals surface area contributed by atoms with Gasteiger partial charge in [0.15, 0.2) is 0 Å². The molecule has 4 nitrogen and oxygen atoms in total. The van der Waals surface area contributed by atoms with E-state index in [-0.39, 0.29) is 6.04 Å². The molecule has 0 saturated carbocycles. The van der Waals surface area contributed by atoms with Crippen molar-refractivity contribution in [1.82, 2.24) is 10.6 Å². The third-order valence-corrected chi connectivity index (χ3v) is 2.30. The Bertz CT molecular complexity index is 236. The summed E-state index contributed by atoms with van der Waals surface area (Å²) in [5.41, 5.74) is 0. The van der Waals surface area contributed by atoms with E-state index in [0.717, 1.165) is 6.54 Å². The van der Waals surface area contributed by atoms with Crippen LogP contribution in [-0.4, -0.2) is 32.5 Å². The van der Waals surface area contributed by atoms with Crippen molar-refractivity contribution in [3.8, 4) is 0 Å². The monoisotopic (exact) mass is 162 g/mol. The van der Waals surface area contributed by atoms with Crippen LogP contribution in [-0.2, 0) is 10.3 Å². The molecule has 0 aromatic heterocycles. The van der Waals surface area contributed by atoms with Crippen LogP contribution in [0.15, 0.2) is 0 Å². The average molecular weight is 162 g/mol. The molecular formula is C5H10N2O2S. The fourth-order valence-corrected chi connectivity index (χ4v) is 1.52. The molecule has 1 unspecified atom stereocenters. The predicted molar refractivity (Wildman–Crippen MR) is 39.4 cm³/mol. The van der Waals surface area contributed by atoms with Crippen LogP contribution >= 0.6 is 0 Å². The van der Waals surface area contributed by atoms with Crippen LogP contribution in [0.25, 0.3) is 0 Å². The first kappa shape index (κ1) is 7.71. The summed E-state index contributed by atoms with van der Waals surface area (Å²) in [7, 11) is -2.09. The third-order valence-electron chi connectivity index (χ3n) is 1.45. The Morgan fingerprint density at radius 1 is 1.50 bits per heavy atom. The average Bonchev–Trinajstić information content (AvgIpc) is 1.88. The van der Waals surface area contributed by atoms with Crippen molar-refractivity contribution in [3.63, 3.8) is 0 Å². The van der Waals surface area contributed by atoms with Gasteiger partial charge in [0.1, 0.15) is 4.99 Å². The van der Waals surface area contributed by atoms with Gasteiger partial charge in [0.2, 0.25) is 10.3 Å². The molecule has 0 spiro atoms. The van der Waals surface area contributed by atoms with Gasteiger partial charge in [-0.25, -0.2) is 0 Å². The van der Waals surface area contributed by atoms with Gasteiger partial charge in [-0.15, -0.1) is 0 Å². The molecule has 5 heteroatoms. The minimum atomic E-state index is -2.09. The van der Waals surface area contributed by atoms with Gasteiger partial charge in [0, 0.05) is 13.1 Å². The maximum absolute atomic E-state index is 10.4. The van der Waals surface area contributed by atoms with Crippen molar-refractivity contribution in [2.24, 2.45) is 0 Å². The molecule has 2 N–H and O–H groups in total. The number of piperazine rings is 1. The molecule has 0 aliphatic carbocycles. The lowest BCUT2D eigenvalue weighted by molar-refractivity contribution is 0.586. The van der Waals surface area contributed by atoms with Crippen molar-refractivity contribution >= 4 is 15.3 Å². The highest BCUT2D eigenvalue weighted by molar-refractivity contribution is 7.73. The fourth-order valence-electron chi connectivity index (χ4n) is 0.923. The quantitative estimate of drug-likeness (QED) is 0.429. The van der Waals surface area contributed by atoms with Gasteiger partial charge >= 0.3 is 0 Å². The maximum Gasteiger partial charge on any atom is 0.229 e. The molecule has 1 saturated heterocycles. The number of nitrogens with one attached hydrogen (secondary N) is 2. The van der Waals surface area contributed by atoms with E-state index in [1.807, 2.05) is 6.92 Å². The van der Waals surface area contributed by atoms with E-state index in [1.165, 1.54) is 0 Å². The minimum absolute atomic E-state index is 0.0629. The fraction of sp³-hybridized carbons (Fsp3) is 0.800. The van der Waals surface area contributed by atoms with Gasteiger partial charge in [-0.2, -0.15) is 8.42 Å². The third kappa shape index (κ3) is 1.56. The Morgan fingerprint density at radius 3 is 2.60 bits per heavy atom. The van der Waals surface area contributed by atoms with Gasteiger partial charge in [-0.3, -0.25) is 5.32 Å². The summed E-state index contributed by atoms with van der Waals surface area (Å²) in [5, 5.41) is 5.83. The zero-order valence-electron chi connectivity index (χ0n) is 5.72. The molecule has 1 atom stereocenters. The molecule has 1 heterocycles. The Labute approximate surface area is 61.2 Å². The zero-order valence-corrected chi connectivity index (χ0v) is 6.53. The van der Waals surface area contributed by atoms with E-state index in [1.54, 1.807) is 0 Å². The van der Waals surface area contributed by atoms with Gasteiger partial charge in [-0.05, 0) is 6.92 Å². The summed E-state index contributed by atoms with van der Waals surface area (Å²) in [6.45, 7) is 3.33. The number of rotatable bonds is 0. The van der Waals surface area contributed by atoms with Crippen LogP contribution in [0, 0.1) is 0 Å². The first-order valence-electron chi connectivity index (χ1n) is 3.15. The molecule has 1 rings (SSSR count). The Kier molecular flexibility index (Phi) is 2.42. The number of hydrogen-bond acceptors (Lipinski definition) is 3. The standard InChI is InChI=1S/C5H10N2O2S/c1-4-5(10(8)9)7-3-2-6-4/h4,6-7H,2-3H2,1H3. The second kappa shape index (κ2) is 3.14. The molecule has 0 aromatic carbocycles. The maximum atomic E-state index is 10.4. The Morgan fingerprint density at radius 2 is 2.20 bits per heavy atom. The second-order valence-electron chi connectivity index (χ2n) is 2.20. The molecular weight excluding hydrogens is 152 g/mol. The molecule has 10 heavy (non-hydrogen) atoms. The van der Waals surface area contributed by atoms with Crippen LogP contribution in [0.4, 0.5) is 0 Å². The van der Waals surface area contributed by atoms with Crippen LogP contribution in [0.1, 0.15) is 6.92 Å². The molecule has 1 fully saturated rings.